The van der Waals surface area contributed by atoms with E-state index in [-0.39, 0.29) is 0 Å². The summed E-state index contributed by atoms with van der Waals surface area (Å²) in [6.07, 6.45) is 1.40. The monoisotopic (exact) mass is 225 g/mol. The van der Waals surface area contributed by atoms with E-state index >= 15 is 0 Å². The second-order valence-electron chi connectivity index (χ2n) is 3.94. The number of hydrogen-bond acceptors (Lipinski definition) is 2. The predicted molar refractivity (Wildman–Crippen MR) is 62.1 cm³/mol. The zero-order chi connectivity index (χ0) is 10.7. The Kier molecular flexibility index (Phi) is 3.62. The van der Waals surface area contributed by atoms with Crippen molar-refractivity contribution in [3.63, 3.8) is 0 Å². The van der Waals surface area contributed by atoms with Gasteiger partial charge in [0, 0.05) is 24.2 Å². The van der Waals surface area contributed by atoms with Gasteiger partial charge < -0.3 is 10.1 Å². The van der Waals surface area contributed by atoms with Gasteiger partial charge in [-0.15, -0.1) is 0 Å². The third-order valence-corrected chi connectivity index (χ3v) is 3.26. The molecule has 3 heteroatoms. The molecule has 2 nitrogen and oxygen atoms in total. The molecule has 1 aromatic rings. The Balaban J connectivity index is 1.90. The van der Waals surface area contributed by atoms with Gasteiger partial charge in [0.15, 0.2) is 0 Å². The summed E-state index contributed by atoms with van der Waals surface area (Å²) in [6.45, 7) is 3.79. The van der Waals surface area contributed by atoms with Gasteiger partial charge in [-0.2, -0.15) is 0 Å². The van der Waals surface area contributed by atoms with Crippen LogP contribution in [-0.2, 0) is 11.3 Å². The molecular weight excluding hydrogens is 210 g/mol. The summed E-state index contributed by atoms with van der Waals surface area (Å²) in [5.74, 6) is 0. The highest BCUT2D eigenvalue weighted by Gasteiger charge is 2.23. The lowest BCUT2D eigenvalue weighted by molar-refractivity contribution is 0.113. The highest BCUT2D eigenvalue weighted by molar-refractivity contribution is 6.31. The van der Waals surface area contributed by atoms with Gasteiger partial charge in [-0.25, -0.2) is 0 Å². The second kappa shape index (κ2) is 4.97. The second-order valence-corrected chi connectivity index (χ2v) is 4.35. The SMILES string of the molecule is C[C@H]1OCC[C@H]1NCc1ccccc1Cl. The fourth-order valence-corrected chi connectivity index (χ4v) is 2.09. The molecule has 0 amide bonds. The first-order valence-electron chi connectivity index (χ1n) is 5.36. The molecule has 0 aromatic heterocycles. The van der Waals surface area contributed by atoms with Crippen molar-refractivity contribution < 1.29 is 4.74 Å². The maximum Gasteiger partial charge on any atom is 0.0700 e. The summed E-state index contributed by atoms with van der Waals surface area (Å²) in [7, 11) is 0. The quantitative estimate of drug-likeness (QED) is 0.854. The lowest BCUT2D eigenvalue weighted by atomic mass is 10.1. The van der Waals surface area contributed by atoms with E-state index in [1.165, 1.54) is 0 Å². The largest absolute Gasteiger partial charge is 0.377 e. The normalized spacial score (nSPS) is 25.7. The summed E-state index contributed by atoms with van der Waals surface area (Å²) in [4.78, 5) is 0. The van der Waals surface area contributed by atoms with Gasteiger partial charge in [0.25, 0.3) is 0 Å². The fourth-order valence-electron chi connectivity index (χ4n) is 1.88. The smallest absolute Gasteiger partial charge is 0.0700 e. The van der Waals surface area contributed by atoms with E-state index in [1.807, 2.05) is 18.2 Å². The molecule has 1 aromatic carbocycles. The third-order valence-electron chi connectivity index (χ3n) is 2.89. The molecule has 1 N–H and O–H groups in total. The van der Waals surface area contributed by atoms with Crippen molar-refractivity contribution in [2.24, 2.45) is 0 Å². The molecule has 0 bridgehead atoms. The lowest BCUT2D eigenvalue weighted by Gasteiger charge is -2.16. The molecule has 2 rings (SSSR count). The van der Waals surface area contributed by atoms with Crippen LogP contribution in [-0.4, -0.2) is 18.8 Å². The van der Waals surface area contributed by atoms with Crippen molar-refractivity contribution in [2.75, 3.05) is 6.61 Å². The number of halogens is 1. The topological polar surface area (TPSA) is 21.3 Å². The Bertz CT molecular complexity index is 329. The highest BCUT2D eigenvalue weighted by Crippen LogP contribution is 2.17. The summed E-state index contributed by atoms with van der Waals surface area (Å²) < 4.78 is 5.49. The van der Waals surface area contributed by atoms with E-state index in [1.54, 1.807) is 0 Å². The molecule has 0 unspecified atom stereocenters. The average molecular weight is 226 g/mol. The van der Waals surface area contributed by atoms with Crippen LogP contribution < -0.4 is 5.32 Å². The van der Waals surface area contributed by atoms with Crippen LogP contribution >= 0.6 is 11.6 Å². The molecule has 1 aliphatic rings. The van der Waals surface area contributed by atoms with E-state index in [0.717, 1.165) is 30.2 Å². The van der Waals surface area contributed by atoms with Crippen LogP contribution in [0.5, 0.6) is 0 Å². The maximum absolute atomic E-state index is 6.07. The van der Waals surface area contributed by atoms with E-state index in [2.05, 4.69) is 18.3 Å². The summed E-state index contributed by atoms with van der Waals surface area (Å²) >= 11 is 6.07. The number of benzene rings is 1. The predicted octanol–water partition coefficient (Wildman–Crippen LogP) is 2.61. The van der Waals surface area contributed by atoms with Crippen molar-refractivity contribution >= 4 is 11.6 Å². The lowest BCUT2D eigenvalue weighted by Crippen LogP contribution is -2.34. The number of hydrogen-bond donors (Lipinski definition) is 1. The van der Waals surface area contributed by atoms with Gasteiger partial charge in [-0.3, -0.25) is 0 Å². The Morgan fingerprint density at radius 2 is 2.27 bits per heavy atom. The Labute approximate surface area is 95.6 Å². The highest BCUT2D eigenvalue weighted by atomic mass is 35.5. The van der Waals surface area contributed by atoms with Crippen molar-refractivity contribution in [3.8, 4) is 0 Å². The minimum Gasteiger partial charge on any atom is -0.377 e. The molecule has 82 valence electrons. The summed E-state index contributed by atoms with van der Waals surface area (Å²) in [5, 5.41) is 4.31. The molecule has 2 atom stereocenters. The molecule has 0 saturated carbocycles. The Hall–Kier alpha value is -0.570. The molecular formula is C12H16ClNO. The molecule has 0 radical (unpaired) electrons. The first kappa shape index (κ1) is 10.9. The zero-order valence-corrected chi connectivity index (χ0v) is 9.63. The van der Waals surface area contributed by atoms with Crippen LogP contribution in [0.3, 0.4) is 0 Å². The van der Waals surface area contributed by atoms with Gasteiger partial charge in [-0.1, -0.05) is 29.8 Å². The molecule has 0 spiro atoms. The van der Waals surface area contributed by atoms with Crippen LogP contribution in [0.2, 0.25) is 5.02 Å². The minimum absolute atomic E-state index is 0.312. The molecule has 0 aliphatic carbocycles. The van der Waals surface area contributed by atoms with Gasteiger partial charge in [0.1, 0.15) is 0 Å². The van der Waals surface area contributed by atoms with Crippen LogP contribution in [0.4, 0.5) is 0 Å². The Morgan fingerprint density at radius 1 is 1.47 bits per heavy atom. The molecule has 1 aliphatic heterocycles. The van der Waals surface area contributed by atoms with Gasteiger partial charge in [-0.05, 0) is 25.0 Å². The molecule has 1 fully saturated rings. The van der Waals surface area contributed by atoms with Gasteiger partial charge in [0.2, 0.25) is 0 Å². The van der Waals surface area contributed by atoms with E-state index < -0.39 is 0 Å². The number of ether oxygens (including phenoxy) is 1. The van der Waals surface area contributed by atoms with Crippen LogP contribution in [0, 0.1) is 0 Å². The van der Waals surface area contributed by atoms with Crippen LogP contribution in [0.25, 0.3) is 0 Å². The van der Waals surface area contributed by atoms with Crippen LogP contribution in [0.15, 0.2) is 24.3 Å². The molecule has 15 heavy (non-hydrogen) atoms. The fraction of sp³-hybridized carbons (Fsp3) is 0.500. The average Bonchev–Trinajstić information content (AvgIpc) is 2.63. The van der Waals surface area contributed by atoms with Crippen LogP contribution in [0.1, 0.15) is 18.9 Å². The Morgan fingerprint density at radius 3 is 2.93 bits per heavy atom. The standard InChI is InChI=1S/C12H16ClNO/c1-9-12(6-7-15-9)14-8-10-4-2-3-5-11(10)13/h2-5,9,12,14H,6-8H2,1H3/t9-,12-/m1/s1. The number of rotatable bonds is 3. The van der Waals surface area contributed by atoms with E-state index in [4.69, 9.17) is 16.3 Å². The van der Waals surface area contributed by atoms with Crippen molar-refractivity contribution in [1.82, 2.24) is 5.32 Å². The van der Waals surface area contributed by atoms with Crippen molar-refractivity contribution in [3.05, 3.63) is 34.9 Å². The minimum atomic E-state index is 0.312. The first-order valence-corrected chi connectivity index (χ1v) is 5.73. The molecule has 1 saturated heterocycles. The van der Waals surface area contributed by atoms with E-state index in [0.29, 0.717) is 12.1 Å². The summed E-state index contributed by atoms with van der Waals surface area (Å²) in [6, 6.07) is 8.40. The van der Waals surface area contributed by atoms with Gasteiger partial charge >= 0.3 is 0 Å². The van der Waals surface area contributed by atoms with Gasteiger partial charge in [0.05, 0.1) is 6.10 Å². The molecule has 1 heterocycles. The zero-order valence-electron chi connectivity index (χ0n) is 8.87. The van der Waals surface area contributed by atoms with Crippen molar-refractivity contribution in [1.29, 1.82) is 0 Å². The summed E-state index contributed by atoms with van der Waals surface area (Å²) in [5.41, 5.74) is 1.15. The van der Waals surface area contributed by atoms with E-state index in [9.17, 15) is 0 Å². The first-order chi connectivity index (χ1) is 7.27. The van der Waals surface area contributed by atoms with Crippen molar-refractivity contribution in [2.45, 2.75) is 32.0 Å². The third kappa shape index (κ3) is 2.71. The maximum atomic E-state index is 6.07. The number of nitrogens with one attached hydrogen (secondary N) is 1.